The zero-order valence-electron chi connectivity index (χ0n) is 15.6. The molecule has 146 valence electrons. The highest BCUT2D eigenvalue weighted by atomic mass is 32.1. The SMILES string of the molecule is C=CC(=O)NC1CCC(Nc2nc(Nc3cc(C)ns3)nc3ccsc23)CC1. The van der Waals surface area contributed by atoms with Crippen LogP contribution in [0.25, 0.3) is 10.2 Å². The largest absolute Gasteiger partial charge is 0.366 e. The van der Waals surface area contributed by atoms with E-state index >= 15 is 0 Å². The van der Waals surface area contributed by atoms with Crippen LogP contribution in [0.3, 0.4) is 0 Å². The molecule has 0 atom stereocenters. The van der Waals surface area contributed by atoms with Crippen LogP contribution in [-0.4, -0.2) is 32.3 Å². The van der Waals surface area contributed by atoms with E-state index in [1.165, 1.54) is 17.6 Å². The van der Waals surface area contributed by atoms with Crippen LogP contribution in [0.1, 0.15) is 31.4 Å². The molecule has 4 rings (SSSR count). The van der Waals surface area contributed by atoms with E-state index in [4.69, 9.17) is 4.98 Å². The van der Waals surface area contributed by atoms with Crippen LogP contribution in [0.15, 0.2) is 30.2 Å². The summed E-state index contributed by atoms with van der Waals surface area (Å²) < 4.78 is 5.35. The summed E-state index contributed by atoms with van der Waals surface area (Å²) in [6, 6.07) is 4.55. The molecular formula is C19H22N6OS2. The zero-order valence-corrected chi connectivity index (χ0v) is 17.2. The molecule has 0 bridgehead atoms. The lowest BCUT2D eigenvalue weighted by Crippen LogP contribution is -2.39. The van der Waals surface area contributed by atoms with Gasteiger partial charge >= 0.3 is 0 Å². The van der Waals surface area contributed by atoms with Crippen molar-refractivity contribution in [2.45, 2.75) is 44.7 Å². The van der Waals surface area contributed by atoms with Gasteiger partial charge in [0.1, 0.15) is 10.8 Å². The smallest absolute Gasteiger partial charge is 0.243 e. The minimum atomic E-state index is -0.0958. The molecular weight excluding hydrogens is 392 g/mol. The summed E-state index contributed by atoms with van der Waals surface area (Å²) in [4.78, 5) is 20.8. The number of hydrogen-bond acceptors (Lipinski definition) is 8. The summed E-state index contributed by atoms with van der Waals surface area (Å²) >= 11 is 3.04. The van der Waals surface area contributed by atoms with Crippen molar-refractivity contribution >= 4 is 55.8 Å². The number of fused-ring (bicyclic) bond motifs is 1. The second-order valence-electron chi connectivity index (χ2n) is 6.89. The summed E-state index contributed by atoms with van der Waals surface area (Å²) in [6.07, 6.45) is 5.19. The van der Waals surface area contributed by atoms with Gasteiger partial charge in [0, 0.05) is 12.1 Å². The lowest BCUT2D eigenvalue weighted by atomic mass is 9.91. The van der Waals surface area contributed by atoms with Crippen molar-refractivity contribution < 1.29 is 4.79 Å². The molecule has 1 aliphatic rings. The first-order valence-corrected chi connectivity index (χ1v) is 10.9. The van der Waals surface area contributed by atoms with E-state index in [0.717, 1.165) is 52.4 Å². The normalized spacial score (nSPS) is 19.3. The minimum Gasteiger partial charge on any atom is -0.366 e. The van der Waals surface area contributed by atoms with E-state index in [9.17, 15) is 4.79 Å². The van der Waals surface area contributed by atoms with Crippen LogP contribution < -0.4 is 16.0 Å². The van der Waals surface area contributed by atoms with Gasteiger partial charge in [-0.1, -0.05) is 6.58 Å². The average Bonchev–Trinajstić information content (AvgIpc) is 3.32. The van der Waals surface area contributed by atoms with Crippen molar-refractivity contribution in [2.24, 2.45) is 0 Å². The van der Waals surface area contributed by atoms with E-state index in [-0.39, 0.29) is 11.9 Å². The number of amides is 1. The number of aromatic nitrogens is 3. The Hall–Kier alpha value is -2.52. The molecule has 0 radical (unpaired) electrons. The number of rotatable bonds is 6. The van der Waals surface area contributed by atoms with E-state index in [0.29, 0.717) is 12.0 Å². The Balaban J connectivity index is 1.47. The number of thiophene rings is 1. The summed E-state index contributed by atoms with van der Waals surface area (Å²) in [7, 11) is 0. The van der Waals surface area contributed by atoms with Gasteiger partial charge in [0.15, 0.2) is 0 Å². The van der Waals surface area contributed by atoms with Crippen molar-refractivity contribution in [3.63, 3.8) is 0 Å². The number of anilines is 3. The maximum absolute atomic E-state index is 11.5. The second kappa shape index (κ2) is 8.24. The number of nitrogens with zero attached hydrogens (tertiary/aromatic N) is 3. The molecule has 3 aromatic rings. The molecule has 1 amide bonds. The zero-order chi connectivity index (χ0) is 19.5. The molecule has 1 fully saturated rings. The van der Waals surface area contributed by atoms with Crippen molar-refractivity contribution in [3.8, 4) is 0 Å². The molecule has 3 N–H and O–H groups in total. The maximum atomic E-state index is 11.5. The molecule has 28 heavy (non-hydrogen) atoms. The van der Waals surface area contributed by atoms with Crippen LogP contribution in [0, 0.1) is 6.92 Å². The molecule has 3 aromatic heterocycles. The lowest BCUT2D eigenvalue weighted by Gasteiger charge is -2.29. The average molecular weight is 415 g/mol. The van der Waals surface area contributed by atoms with E-state index in [2.05, 4.69) is 31.9 Å². The topological polar surface area (TPSA) is 91.8 Å². The van der Waals surface area contributed by atoms with Crippen LogP contribution >= 0.6 is 22.9 Å². The van der Waals surface area contributed by atoms with Crippen molar-refractivity contribution in [3.05, 3.63) is 35.9 Å². The minimum absolute atomic E-state index is 0.0958. The molecule has 0 spiro atoms. The van der Waals surface area contributed by atoms with Crippen molar-refractivity contribution in [2.75, 3.05) is 10.6 Å². The first kappa shape index (κ1) is 18.8. The van der Waals surface area contributed by atoms with Crippen molar-refractivity contribution in [1.82, 2.24) is 19.7 Å². The molecule has 7 nitrogen and oxygen atoms in total. The van der Waals surface area contributed by atoms with Gasteiger partial charge in [0.05, 0.1) is 15.9 Å². The second-order valence-corrected chi connectivity index (χ2v) is 8.62. The van der Waals surface area contributed by atoms with Crippen molar-refractivity contribution in [1.29, 1.82) is 0 Å². The van der Waals surface area contributed by atoms with Gasteiger partial charge < -0.3 is 16.0 Å². The summed E-state index contributed by atoms with van der Waals surface area (Å²) in [6.45, 7) is 5.48. The van der Waals surface area contributed by atoms with Crippen LogP contribution in [0.4, 0.5) is 16.8 Å². The van der Waals surface area contributed by atoms with Gasteiger partial charge in [-0.25, -0.2) is 4.98 Å². The van der Waals surface area contributed by atoms with Crippen LogP contribution in [-0.2, 0) is 4.79 Å². The standard InChI is InChI=1S/C19H22N6OS2/c1-3-15(26)20-12-4-6-13(7-5-12)21-18-17-14(8-9-27-17)22-19(24-18)23-16-10-11(2)25-28-16/h3,8-10,12-13H,1,4-7H2,2H3,(H,20,26)(H2,21,22,23,24). The van der Waals surface area contributed by atoms with Gasteiger partial charge in [0.2, 0.25) is 11.9 Å². The fraction of sp³-hybridized carbons (Fsp3) is 0.368. The van der Waals surface area contributed by atoms with Crippen LogP contribution in [0.2, 0.25) is 0 Å². The number of hydrogen-bond donors (Lipinski definition) is 3. The Morgan fingerprint density at radius 1 is 1.25 bits per heavy atom. The third kappa shape index (κ3) is 4.31. The Morgan fingerprint density at radius 2 is 2.04 bits per heavy atom. The number of carbonyl (C=O) groups excluding carboxylic acids is 1. The predicted molar refractivity (Wildman–Crippen MR) is 116 cm³/mol. The monoisotopic (exact) mass is 414 g/mol. The summed E-state index contributed by atoms with van der Waals surface area (Å²) in [5.41, 5.74) is 1.90. The number of aryl methyl sites for hydroxylation is 1. The summed E-state index contributed by atoms with van der Waals surface area (Å²) in [5, 5.41) is 12.8. The fourth-order valence-corrected chi connectivity index (χ4v) is 4.82. The molecule has 3 heterocycles. The Morgan fingerprint density at radius 3 is 2.75 bits per heavy atom. The Labute approximate surface area is 171 Å². The van der Waals surface area contributed by atoms with Gasteiger partial charge in [-0.3, -0.25) is 4.79 Å². The van der Waals surface area contributed by atoms with E-state index < -0.39 is 0 Å². The first-order chi connectivity index (χ1) is 13.6. The third-order valence-electron chi connectivity index (χ3n) is 4.77. The molecule has 1 aliphatic carbocycles. The highest BCUT2D eigenvalue weighted by molar-refractivity contribution is 7.17. The lowest BCUT2D eigenvalue weighted by molar-refractivity contribution is -0.117. The highest BCUT2D eigenvalue weighted by Gasteiger charge is 2.23. The van der Waals surface area contributed by atoms with E-state index in [1.807, 2.05) is 24.4 Å². The quantitative estimate of drug-likeness (QED) is 0.523. The molecule has 0 saturated heterocycles. The van der Waals surface area contributed by atoms with Gasteiger partial charge in [-0.05, 0) is 67.7 Å². The Kier molecular flexibility index (Phi) is 5.54. The molecule has 0 unspecified atom stereocenters. The van der Waals surface area contributed by atoms with Gasteiger partial charge in [0.25, 0.3) is 0 Å². The molecule has 1 saturated carbocycles. The van der Waals surface area contributed by atoms with Gasteiger partial charge in [-0.15, -0.1) is 11.3 Å². The van der Waals surface area contributed by atoms with Gasteiger partial charge in [-0.2, -0.15) is 9.36 Å². The van der Waals surface area contributed by atoms with E-state index in [1.54, 1.807) is 11.3 Å². The first-order valence-electron chi connectivity index (χ1n) is 9.26. The highest BCUT2D eigenvalue weighted by Crippen LogP contribution is 2.31. The van der Waals surface area contributed by atoms with Crippen LogP contribution in [0.5, 0.6) is 0 Å². The maximum Gasteiger partial charge on any atom is 0.243 e. The molecule has 0 aromatic carbocycles. The third-order valence-corrected chi connectivity index (χ3v) is 6.47. The molecule has 9 heteroatoms. The number of carbonyl (C=O) groups is 1. The Bertz CT molecular complexity index is 989. The molecule has 0 aliphatic heterocycles. The predicted octanol–water partition coefficient (Wildman–Crippen LogP) is 4.23. The summed E-state index contributed by atoms with van der Waals surface area (Å²) in [5.74, 6) is 1.34. The fourth-order valence-electron chi connectivity index (χ4n) is 3.39. The number of nitrogens with one attached hydrogen (secondary N) is 3.